The summed E-state index contributed by atoms with van der Waals surface area (Å²) in [6.07, 6.45) is 5.35. The van der Waals surface area contributed by atoms with Crippen LogP contribution < -0.4 is 0 Å². The summed E-state index contributed by atoms with van der Waals surface area (Å²) in [5.74, 6) is 1.93. The predicted octanol–water partition coefficient (Wildman–Crippen LogP) is 4.21. The van der Waals surface area contributed by atoms with Gasteiger partial charge in [-0.25, -0.2) is 0 Å². The molecule has 0 aromatic carbocycles. The van der Waals surface area contributed by atoms with Crippen molar-refractivity contribution in [2.75, 3.05) is 31.9 Å². The Labute approximate surface area is 134 Å². The minimum atomic E-state index is 0.670. The molecular formula is C18H31N2S+. The van der Waals surface area contributed by atoms with Gasteiger partial charge in [0.2, 0.25) is 0 Å². The third-order valence-corrected chi connectivity index (χ3v) is 7.19. The second kappa shape index (κ2) is 6.00. The lowest BCUT2D eigenvalue weighted by atomic mass is 9.93. The van der Waals surface area contributed by atoms with E-state index in [2.05, 4.69) is 44.0 Å². The van der Waals surface area contributed by atoms with Crippen molar-refractivity contribution in [3.63, 3.8) is 0 Å². The van der Waals surface area contributed by atoms with Gasteiger partial charge < -0.3 is 9.38 Å². The van der Waals surface area contributed by atoms with Crippen LogP contribution in [-0.4, -0.2) is 46.7 Å². The first-order valence-corrected chi connectivity index (χ1v) is 9.82. The molecule has 0 N–H and O–H groups in total. The van der Waals surface area contributed by atoms with Gasteiger partial charge in [-0.05, 0) is 12.8 Å². The van der Waals surface area contributed by atoms with Crippen LogP contribution in [-0.2, 0) is 0 Å². The summed E-state index contributed by atoms with van der Waals surface area (Å²) < 4.78 is 1.36. The molecule has 0 aromatic heterocycles. The Kier molecular flexibility index (Phi) is 4.42. The first-order chi connectivity index (χ1) is 10.1. The highest BCUT2D eigenvalue weighted by molar-refractivity contribution is 8.00. The van der Waals surface area contributed by atoms with Crippen molar-refractivity contribution >= 4 is 11.8 Å². The lowest BCUT2D eigenvalue weighted by molar-refractivity contribution is -0.912. The minimum absolute atomic E-state index is 0.670. The summed E-state index contributed by atoms with van der Waals surface area (Å²) in [6, 6.07) is 0. The summed E-state index contributed by atoms with van der Waals surface area (Å²) in [7, 11) is 0. The van der Waals surface area contributed by atoms with E-state index in [0.29, 0.717) is 11.3 Å². The third kappa shape index (κ3) is 2.57. The molecule has 118 valence electrons. The Balaban J connectivity index is 1.83. The average molecular weight is 308 g/mol. The van der Waals surface area contributed by atoms with Gasteiger partial charge in [-0.2, -0.15) is 0 Å². The lowest BCUT2D eigenvalue weighted by Gasteiger charge is -2.54. The summed E-state index contributed by atoms with van der Waals surface area (Å²) in [5, 5.41) is 0.675. The molecule has 3 heterocycles. The van der Waals surface area contributed by atoms with Gasteiger partial charge in [0, 0.05) is 41.5 Å². The molecule has 3 aliphatic heterocycles. The van der Waals surface area contributed by atoms with Crippen molar-refractivity contribution in [2.45, 2.75) is 51.8 Å². The van der Waals surface area contributed by atoms with Gasteiger partial charge in [0.05, 0.1) is 25.0 Å². The van der Waals surface area contributed by atoms with E-state index >= 15 is 0 Å². The number of fused-ring (bicyclic) bond motifs is 1. The van der Waals surface area contributed by atoms with Gasteiger partial charge in [-0.3, -0.25) is 0 Å². The summed E-state index contributed by atoms with van der Waals surface area (Å²) in [5.41, 5.74) is 4.69. The minimum Gasteiger partial charge on any atom is -0.336 e. The molecule has 3 aliphatic rings. The fraction of sp³-hybridized carbons (Fsp3) is 0.778. The van der Waals surface area contributed by atoms with Gasteiger partial charge in [0.15, 0.2) is 0 Å². The van der Waals surface area contributed by atoms with Gasteiger partial charge >= 0.3 is 0 Å². The molecule has 2 saturated heterocycles. The molecule has 21 heavy (non-hydrogen) atoms. The second-order valence-electron chi connectivity index (χ2n) is 7.13. The molecule has 0 radical (unpaired) electrons. The quantitative estimate of drug-likeness (QED) is 0.700. The van der Waals surface area contributed by atoms with Crippen LogP contribution in [0.15, 0.2) is 23.5 Å². The number of thioether (sulfide) groups is 1. The molecule has 0 spiro atoms. The molecule has 3 heteroatoms. The Morgan fingerprint density at radius 2 is 2.00 bits per heavy atom. The maximum atomic E-state index is 4.32. The highest BCUT2D eigenvalue weighted by atomic mass is 32.2. The van der Waals surface area contributed by atoms with Crippen LogP contribution in [0.5, 0.6) is 0 Å². The number of nitrogens with zero attached hydrogens (tertiary/aromatic N) is 2. The zero-order valence-corrected chi connectivity index (χ0v) is 14.8. The summed E-state index contributed by atoms with van der Waals surface area (Å²) in [4.78, 5) is 2.56. The van der Waals surface area contributed by atoms with Crippen molar-refractivity contribution in [3.8, 4) is 0 Å². The topological polar surface area (TPSA) is 3.24 Å². The molecule has 0 aliphatic carbocycles. The van der Waals surface area contributed by atoms with Crippen molar-refractivity contribution in [1.29, 1.82) is 0 Å². The van der Waals surface area contributed by atoms with Crippen molar-refractivity contribution < 1.29 is 4.48 Å². The zero-order chi connectivity index (χ0) is 15.0. The third-order valence-electron chi connectivity index (χ3n) is 5.72. The Hall–Kier alpha value is -0.410. The van der Waals surface area contributed by atoms with Crippen LogP contribution >= 0.6 is 11.8 Å². The standard InChI is InChI=1S/C18H31N2S/c1-5-9-20(10-7-8-11-20)12-16-13-21-18-14(3)15(4)19(18)17(16)6-2/h14,18H,4-13H2,1-3H3/q+1. The molecule has 0 aromatic rings. The molecule has 2 fully saturated rings. The molecular weight excluding hydrogens is 276 g/mol. The number of rotatable bonds is 5. The average Bonchev–Trinajstić information content (AvgIpc) is 2.94. The Bertz CT molecular complexity index is 448. The monoisotopic (exact) mass is 307 g/mol. The van der Waals surface area contributed by atoms with Gasteiger partial charge in [0.1, 0.15) is 6.54 Å². The Morgan fingerprint density at radius 1 is 1.29 bits per heavy atom. The summed E-state index contributed by atoms with van der Waals surface area (Å²) >= 11 is 2.15. The maximum Gasteiger partial charge on any atom is 0.103 e. The van der Waals surface area contributed by atoms with E-state index in [4.69, 9.17) is 0 Å². The Morgan fingerprint density at radius 3 is 2.62 bits per heavy atom. The maximum absolute atomic E-state index is 4.32. The normalized spacial score (nSPS) is 31.4. The number of allylic oxidation sites excluding steroid dienone is 1. The van der Waals surface area contributed by atoms with Crippen LogP contribution in [0.1, 0.15) is 46.5 Å². The van der Waals surface area contributed by atoms with E-state index in [1.807, 2.05) is 0 Å². The van der Waals surface area contributed by atoms with E-state index in [0.717, 1.165) is 0 Å². The van der Waals surface area contributed by atoms with E-state index < -0.39 is 0 Å². The molecule has 2 unspecified atom stereocenters. The largest absolute Gasteiger partial charge is 0.336 e. The van der Waals surface area contributed by atoms with Crippen molar-refractivity contribution in [1.82, 2.24) is 4.90 Å². The molecule has 2 nitrogen and oxygen atoms in total. The number of likely N-dealkylation sites (tertiary alicyclic amines) is 1. The fourth-order valence-corrected chi connectivity index (χ4v) is 6.07. The zero-order valence-electron chi connectivity index (χ0n) is 14.0. The van der Waals surface area contributed by atoms with Crippen molar-refractivity contribution in [2.24, 2.45) is 5.92 Å². The first-order valence-electron chi connectivity index (χ1n) is 8.77. The smallest absolute Gasteiger partial charge is 0.103 e. The molecule has 0 bridgehead atoms. The molecule has 0 amide bonds. The fourth-order valence-electron chi connectivity index (χ4n) is 4.58. The van der Waals surface area contributed by atoms with Crippen LogP contribution in [0.3, 0.4) is 0 Å². The van der Waals surface area contributed by atoms with E-state index in [9.17, 15) is 0 Å². The molecule has 3 rings (SSSR count). The van der Waals surface area contributed by atoms with Gasteiger partial charge in [-0.15, -0.1) is 11.8 Å². The molecule has 2 atom stereocenters. The van der Waals surface area contributed by atoms with Crippen LogP contribution in [0.25, 0.3) is 0 Å². The van der Waals surface area contributed by atoms with Crippen molar-refractivity contribution in [3.05, 3.63) is 23.5 Å². The number of hydrogen-bond donors (Lipinski definition) is 0. The highest BCUT2D eigenvalue weighted by Crippen LogP contribution is 2.49. The van der Waals surface area contributed by atoms with Gasteiger partial charge in [0.25, 0.3) is 0 Å². The highest BCUT2D eigenvalue weighted by Gasteiger charge is 2.45. The van der Waals surface area contributed by atoms with E-state index in [1.54, 1.807) is 11.3 Å². The predicted molar refractivity (Wildman–Crippen MR) is 93.0 cm³/mol. The molecule has 0 saturated carbocycles. The number of hydrogen-bond acceptors (Lipinski definition) is 2. The van der Waals surface area contributed by atoms with Crippen LogP contribution in [0, 0.1) is 5.92 Å². The second-order valence-corrected chi connectivity index (χ2v) is 8.24. The van der Waals surface area contributed by atoms with E-state index in [1.165, 1.54) is 67.8 Å². The summed E-state index contributed by atoms with van der Waals surface area (Å²) in [6.45, 7) is 16.8. The first kappa shape index (κ1) is 15.5. The number of quaternary nitrogens is 1. The van der Waals surface area contributed by atoms with Crippen LogP contribution in [0.4, 0.5) is 0 Å². The lowest BCUT2D eigenvalue weighted by Crippen LogP contribution is -2.54. The van der Waals surface area contributed by atoms with E-state index in [-0.39, 0.29) is 0 Å². The van der Waals surface area contributed by atoms with Gasteiger partial charge in [-0.1, -0.05) is 27.4 Å². The SMILES string of the molecule is C=C1C(C)C2SCC(C[N+]3(CCC)CCCC3)=C(CC)N12. The van der Waals surface area contributed by atoms with Crippen LogP contribution in [0.2, 0.25) is 0 Å².